The Balaban J connectivity index is 1.09. The first kappa shape index (κ1) is 46.4. The molecule has 0 amide bonds. The van der Waals surface area contributed by atoms with Crippen LogP contribution in [-0.2, 0) is 40.0 Å². The summed E-state index contributed by atoms with van der Waals surface area (Å²) < 4.78 is 67.0. The highest BCUT2D eigenvalue weighted by atomic mass is 28.3. The summed E-state index contributed by atoms with van der Waals surface area (Å²) in [6.45, 7) is 6.86. The Morgan fingerprint density at radius 2 is 0.945 bits per heavy atom. The molecular formula is C58H50O14Si. The maximum atomic E-state index is 15.7. The highest BCUT2D eigenvalue weighted by molar-refractivity contribution is 6.76. The smallest absolute Gasteiger partial charge is 0.339 e. The van der Waals surface area contributed by atoms with E-state index in [2.05, 4.69) is 19.6 Å². The number of rotatable bonds is 9. The molecule has 0 aliphatic carbocycles. The van der Waals surface area contributed by atoms with E-state index in [-0.39, 0.29) is 58.5 Å². The van der Waals surface area contributed by atoms with Crippen LogP contribution in [0.5, 0.6) is 34.5 Å². The molecule has 7 aromatic carbocycles. The fourth-order valence-corrected chi connectivity index (χ4v) is 10.8. The number of phenolic OH excluding ortho intramolecular Hbond substituents is 2. The van der Waals surface area contributed by atoms with Crippen LogP contribution in [-0.4, -0.2) is 74.1 Å². The van der Waals surface area contributed by atoms with Gasteiger partial charge >= 0.3 is 23.5 Å². The van der Waals surface area contributed by atoms with Gasteiger partial charge in [0.25, 0.3) is 0 Å². The molecule has 2 saturated heterocycles. The quantitative estimate of drug-likeness (QED) is 0.104. The van der Waals surface area contributed by atoms with Crippen molar-refractivity contribution in [2.75, 3.05) is 13.2 Å². The summed E-state index contributed by atoms with van der Waals surface area (Å²) in [6.07, 6.45) is -6.96. The van der Waals surface area contributed by atoms with Crippen LogP contribution in [0.25, 0.3) is 11.1 Å². The number of benzene rings is 7. The summed E-state index contributed by atoms with van der Waals surface area (Å²) >= 11 is 0. The molecule has 0 bridgehead atoms. The van der Waals surface area contributed by atoms with E-state index in [0.717, 1.165) is 6.04 Å². The number of fused-ring (bicyclic) bond motifs is 10. The zero-order valence-electron chi connectivity index (χ0n) is 40.0. The first-order chi connectivity index (χ1) is 35.4. The minimum absolute atomic E-state index is 0.00863. The number of hydrogen-bond donors (Lipinski definition) is 2. The summed E-state index contributed by atoms with van der Waals surface area (Å²) in [5.41, 5.74) is 2.14. The molecule has 5 heterocycles. The van der Waals surface area contributed by atoms with E-state index in [4.69, 9.17) is 47.4 Å². The summed E-state index contributed by atoms with van der Waals surface area (Å²) in [5.74, 6) is -7.05. The van der Waals surface area contributed by atoms with Crippen LogP contribution in [0, 0.1) is 0 Å². The summed E-state index contributed by atoms with van der Waals surface area (Å²) in [5, 5.41) is 24.5. The van der Waals surface area contributed by atoms with E-state index in [1.165, 1.54) is 12.1 Å². The highest BCUT2D eigenvalue weighted by Crippen LogP contribution is 2.63. The summed E-state index contributed by atoms with van der Waals surface area (Å²) in [7, 11) is -1.68. The standard InChI is InChI=1S/C58H50O14Si/c1-73(2,3)30-29-63-56-52-51(48-43(65-56)33-64-55(68-48)34-19-9-4-10-20-34)66-53(61)39-31-41(59)46-49(71-57(69-46,35-21-11-5-12-22-35)36-23-13-6-14-24-36)44(39)45-40(54(62)67-52)32-42(60)47-50(45)72-58(70-47,37-25-15-7-16-26-37)38-27-17-8-18-28-38/h4-28,31-32,43,48,51-52,55-56,59-60H,29-30,33H2,1-3H3/t43-,48-,51+,52-,55-,56-/m1/s1. The van der Waals surface area contributed by atoms with Crippen LogP contribution in [0.1, 0.15) is 54.8 Å². The molecular weight excluding hydrogens is 949 g/mol. The molecule has 6 atom stereocenters. The van der Waals surface area contributed by atoms with Gasteiger partial charge < -0.3 is 57.6 Å². The Morgan fingerprint density at radius 3 is 1.38 bits per heavy atom. The van der Waals surface area contributed by atoms with Gasteiger partial charge in [-0.25, -0.2) is 9.59 Å². The molecule has 0 radical (unpaired) electrons. The van der Waals surface area contributed by atoms with Gasteiger partial charge in [-0.1, -0.05) is 171 Å². The SMILES string of the molecule is C[Si](C)(C)CCO[C@@H]1O[C@@H]2CO[C@@H](c3ccccc3)O[C@H]2[C@@H]2OC(=O)c3cc(O)c4c(c3-c3c(cc(O)c5c3OC(c3ccccc3)(c3ccccc3)O5)C(=O)O[C@@H]12)OC(c1ccccc1)(c1ccccc1)O4. The second kappa shape index (κ2) is 18.1. The van der Waals surface area contributed by atoms with Crippen molar-refractivity contribution in [3.63, 3.8) is 0 Å². The number of aromatic hydroxyl groups is 2. The normalized spacial score (nSPS) is 23.2. The molecule has 0 unspecified atom stereocenters. The third-order valence-corrected chi connectivity index (χ3v) is 15.4. The molecule has 0 saturated carbocycles. The number of carbonyl (C=O) groups is 2. The van der Waals surface area contributed by atoms with E-state index in [1.54, 1.807) is 0 Å². The largest absolute Gasteiger partial charge is 0.504 e. The van der Waals surface area contributed by atoms with Gasteiger partial charge in [0.2, 0.25) is 11.5 Å². The molecule has 7 aromatic rings. The highest BCUT2D eigenvalue weighted by Gasteiger charge is 2.57. The van der Waals surface area contributed by atoms with Gasteiger partial charge in [0.1, 0.15) is 12.2 Å². The van der Waals surface area contributed by atoms with Gasteiger partial charge in [-0.2, -0.15) is 0 Å². The molecule has 370 valence electrons. The average molecular weight is 999 g/mol. The zero-order chi connectivity index (χ0) is 50.1. The van der Waals surface area contributed by atoms with Crippen molar-refractivity contribution in [1.82, 2.24) is 0 Å². The maximum Gasteiger partial charge on any atom is 0.339 e. The van der Waals surface area contributed by atoms with Crippen LogP contribution in [0.4, 0.5) is 0 Å². The Bertz CT molecular complexity index is 3130. The van der Waals surface area contributed by atoms with Gasteiger partial charge in [0.05, 0.1) is 17.7 Å². The molecule has 15 heteroatoms. The Kier molecular flexibility index (Phi) is 11.5. The monoisotopic (exact) mass is 998 g/mol. The lowest BCUT2D eigenvalue weighted by Gasteiger charge is -2.48. The van der Waals surface area contributed by atoms with Gasteiger partial charge in [0.15, 0.2) is 47.8 Å². The van der Waals surface area contributed by atoms with Gasteiger partial charge in [0, 0.05) is 53.6 Å². The summed E-state index contributed by atoms with van der Waals surface area (Å²) in [4.78, 5) is 31.3. The minimum atomic E-state index is -1.76. The van der Waals surface area contributed by atoms with Crippen LogP contribution >= 0.6 is 0 Å². The van der Waals surface area contributed by atoms with Crippen molar-refractivity contribution in [1.29, 1.82) is 0 Å². The molecule has 12 rings (SSSR count). The number of esters is 2. The average Bonchev–Trinajstić information content (AvgIpc) is 4.04. The van der Waals surface area contributed by atoms with E-state index >= 15 is 9.59 Å². The molecule has 14 nitrogen and oxygen atoms in total. The van der Waals surface area contributed by atoms with Crippen LogP contribution in [0.2, 0.25) is 25.7 Å². The lowest BCUT2D eigenvalue weighted by molar-refractivity contribution is -0.359. The maximum absolute atomic E-state index is 15.7. The Hall–Kier alpha value is -7.66. The van der Waals surface area contributed by atoms with Crippen molar-refractivity contribution >= 4 is 20.0 Å². The number of phenols is 2. The van der Waals surface area contributed by atoms with Crippen LogP contribution < -0.4 is 18.9 Å². The van der Waals surface area contributed by atoms with Crippen molar-refractivity contribution < 1.29 is 67.2 Å². The predicted molar refractivity (Wildman–Crippen MR) is 266 cm³/mol. The first-order valence-electron chi connectivity index (χ1n) is 24.2. The number of ether oxygens (including phenoxy) is 10. The fourth-order valence-electron chi connectivity index (χ4n) is 10.1. The summed E-state index contributed by atoms with van der Waals surface area (Å²) in [6, 6.07) is 48.9. The van der Waals surface area contributed by atoms with E-state index < -0.39 is 80.1 Å². The molecule has 5 aliphatic heterocycles. The zero-order valence-corrected chi connectivity index (χ0v) is 41.0. The molecule has 0 aromatic heterocycles. The Morgan fingerprint density at radius 1 is 0.534 bits per heavy atom. The lowest BCUT2D eigenvalue weighted by atomic mass is 9.90. The molecule has 0 spiro atoms. The minimum Gasteiger partial charge on any atom is -0.504 e. The predicted octanol–water partition coefficient (Wildman–Crippen LogP) is 10.4. The second-order valence-electron chi connectivity index (χ2n) is 19.7. The molecule has 73 heavy (non-hydrogen) atoms. The Labute approximate surface area is 421 Å². The van der Waals surface area contributed by atoms with Gasteiger partial charge in [-0.15, -0.1) is 0 Å². The third kappa shape index (κ3) is 8.04. The van der Waals surface area contributed by atoms with Crippen molar-refractivity contribution in [3.05, 3.63) is 203 Å². The topological polar surface area (TPSA) is 167 Å². The third-order valence-electron chi connectivity index (χ3n) is 13.7. The number of carbonyl (C=O) groups excluding carboxylic acids is 2. The molecule has 2 fully saturated rings. The van der Waals surface area contributed by atoms with Crippen molar-refractivity contribution in [3.8, 4) is 45.6 Å². The molecule has 2 N–H and O–H groups in total. The van der Waals surface area contributed by atoms with Crippen LogP contribution in [0.3, 0.4) is 0 Å². The van der Waals surface area contributed by atoms with Crippen molar-refractivity contribution in [2.24, 2.45) is 0 Å². The van der Waals surface area contributed by atoms with E-state index in [1.807, 2.05) is 152 Å². The molecule has 5 aliphatic rings. The second-order valence-corrected chi connectivity index (χ2v) is 25.3. The first-order valence-corrected chi connectivity index (χ1v) is 27.9. The van der Waals surface area contributed by atoms with Crippen LogP contribution in [0.15, 0.2) is 164 Å². The van der Waals surface area contributed by atoms with Gasteiger partial charge in [-0.3, -0.25) is 0 Å². The van der Waals surface area contributed by atoms with Crippen molar-refractivity contribution in [2.45, 2.75) is 74.3 Å². The number of hydrogen-bond acceptors (Lipinski definition) is 14. The fraction of sp³-hybridized carbons (Fsp3) is 0.241. The van der Waals surface area contributed by atoms with E-state index in [9.17, 15) is 10.2 Å². The van der Waals surface area contributed by atoms with Gasteiger partial charge in [-0.05, 0) is 18.2 Å². The van der Waals surface area contributed by atoms with E-state index in [0.29, 0.717) is 27.8 Å². The lowest BCUT2D eigenvalue weighted by Crippen LogP contribution is -2.64.